The van der Waals surface area contributed by atoms with Gasteiger partial charge in [0.25, 0.3) is 11.6 Å². The number of benzene rings is 2. The van der Waals surface area contributed by atoms with Crippen molar-refractivity contribution in [3.8, 4) is 10.6 Å². The molecule has 2 aromatic carbocycles. The van der Waals surface area contributed by atoms with Gasteiger partial charge in [-0.2, -0.15) is 0 Å². The SMILES string of the molecule is Cc1ccccc1CN(CC(=O)O)C(=O)c1csc(-c2ccc([N+](=O)[O-])cc2)n1. The maximum absolute atomic E-state index is 12.9. The molecule has 3 rings (SSSR count). The van der Waals surface area contributed by atoms with Crippen LogP contribution in [0.3, 0.4) is 0 Å². The van der Waals surface area contributed by atoms with Crippen molar-refractivity contribution in [1.29, 1.82) is 0 Å². The second-order valence-electron chi connectivity index (χ2n) is 6.32. The van der Waals surface area contributed by atoms with Crippen LogP contribution < -0.4 is 0 Å². The molecule has 0 saturated carbocycles. The van der Waals surface area contributed by atoms with Crippen LogP contribution in [-0.2, 0) is 11.3 Å². The predicted molar refractivity (Wildman–Crippen MR) is 108 cm³/mol. The van der Waals surface area contributed by atoms with E-state index in [-0.39, 0.29) is 17.9 Å². The van der Waals surface area contributed by atoms with Gasteiger partial charge in [-0.3, -0.25) is 19.7 Å². The molecule has 0 aliphatic carbocycles. The number of aliphatic carboxylic acids is 1. The van der Waals surface area contributed by atoms with Gasteiger partial charge in [0, 0.05) is 29.6 Å². The second-order valence-corrected chi connectivity index (χ2v) is 7.18. The fraction of sp³-hybridized carbons (Fsp3) is 0.150. The minimum Gasteiger partial charge on any atom is -0.480 e. The van der Waals surface area contributed by atoms with E-state index < -0.39 is 23.3 Å². The molecule has 0 radical (unpaired) electrons. The Bertz CT molecular complexity index is 1060. The fourth-order valence-electron chi connectivity index (χ4n) is 2.75. The molecular weight excluding hydrogens is 394 g/mol. The van der Waals surface area contributed by atoms with E-state index in [0.717, 1.165) is 11.1 Å². The fourth-order valence-corrected chi connectivity index (χ4v) is 3.55. The third-order valence-electron chi connectivity index (χ3n) is 4.28. The van der Waals surface area contributed by atoms with Crippen molar-refractivity contribution >= 4 is 28.9 Å². The highest BCUT2D eigenvalue weighted by Gasteiger charge is 2.22. The Morgan fingerprint density at radius 2 is 1.86 bits per heavy atom. The Morgan fingerprint density at radius 1 is 1.17 bits per heavy atom. The average Bonchev–Trinajstić information content (AvgIpc) is 3.18. The molecule has 1 heterocycles. The number of carboxylic acid groups (broad SMARTS) is 1. The van der Waals surface area contributed by atoms with Crippen LogP contribution in [0.4, 0.5) is 5.69 Å². The van der Waals surface area contributed by atoms with Crippen LogP contribution in [0.1, 0.15) is 21.6 Å². The maximum atomic E-state index is 12.9. The zero-order chi connectivity index (χ0) is 21.0. The van der Waals surface area contributed by atoms with Gasteiger partial charge in [0.05, 0.1) is 4.92 Å². The summed E-state index contributed by atoms with van der Waals surface area (Å²) in [5.41, 5.74) is 2.56. The number of carbonyl (C=O) groups is 2. The van der Waals surface area contributed by atoms with Gasteiger partial charge < -0.3 is 10.0 Å². The van der Waals surface area contributed by atoms with Crippen molar-refractivity contribution in [1.82, 2.24) is 9.88 Å². The van der Waals surface area contributed by atoms with Crippen LogP contribution >= 0.6 is 11.3 Å². The number of non-ortho nitro benzene ring substituents is 1. The van der Waals surface area contributed by atoms with Gasteiger partial charge in [-0.25, -0.2) is 4.98 Å². The molecule has 1 amide bonds. The second kappa shape index (κ2) is 8.61. The molecule has 8 nitrogen and oxygen atoms in total. The molecule has 0 aliphatic rings. The Balaban J connectivity index is 1.83. The molecule has 3 aromatic rings. The normalized spacial score (nSPS) is 10.5. The molecule has 0 atom stereocenters. The summed E-state index contributed by atoms with van der Waals surface area (Å²) < 4.78 is 0. The van der Waals surface area contributed by atoms with Crippen molar-refractivity contribution in [2.24, 2.45) is 0 Å². The average molecular weight is 411 g/mol. The lowest BCUT2D eigenvalue weighted by atomic mass is 10.1. The summed E-state index contributed by atoms with van der Waals surface area (Å²) in [7, 11) is 0. The third kappa shape index (κ3) is 4.82. The molecule has 148 valence electrons. The zero-order valence-corrected chi connectivity index (χ0v) is 16.3. The van der Waals surface area contributed by atoms with Crippen molar-refractivity contribution in [2.45, 2.75) is 13.5 Å². The standard InChI is InChI=1S/C20H17N3O5S/c1-13-4-2-3-5-15(13)10-22(11-18(24)25)20(26)17-12-29-19(21-17)14-6-8-16(9-7-14)23(27)28/h2-9,12H,10-11H2,1H3,(H,24,25). The van der Waals surface area contributed by atoms with E-state index in [0.29, 0.717) is 10.6 Å². The Kier molecular flexibility index (Phi) is 5.99. The smallest absolute Gasteiger partial charge is 0.323 e. The highest BCUT2D eigenvalue weighted by atomic mass is 32.1. The van der Waals surface area contributed by atoms with Gasteiger partial charge in [-0.1, -0.05) is 24.3 Å². The van der Waals surface area contributed by atoms with E-state index in [2.05, 4.69) is 4.98 Å². The first-order chi connectivity index (χ1) is 13.8. The Hall–Kier alpha value is -3.59. The number of hydrogen-bond acceptors (Lipinski definition) is 6. The van der Waals surface area contributed by atoms with E-state index in [9.17, 15) is 24.8 Å². The number of rotatable bonds is 7. The van der Waals surface area contributed by atoms with E-state index in [1.54, 1.807) is 17.5 Å². The molecule has 0 bridgehead atoms. The molecule has 0 fully saturated rings. The van der Waals surface area contributed by atoms with E-state index in [1.165, 1.54) is 28.4 Å². The number of thiazole rings is 1. The number of carbonyl (C=O) groups excluding carboxylic acids is 1. The van der Waals surface area contributed by atoms with Crippen molar-refractivity contribution in [2.75, 3.05) is 6.54 Å². The molecular formula is C20H17N3O5S. The maximum Gasteiger partial charge on any atom is 0.323 e. The number of nitrogens with zero attached hydrogens (tertiary/aromatic N) is 3. The van der Waals surface area contributed by atoms with Crippen LogP contribution in [0, 0.1) is 17.0 Å². The molecule has 0 unspecified atom stereocenters. The first-order valence-corrected chi connectivity index (χ1v) is 9.49. The lowest BCUT2D eigenvalue weighted by Crippen LogP contribution is -2.35. The van der Waals surface area contributed by atoms with Gasteiger partial charge in [0.1, 0.15) is 17.2 Å². The summed E-state index contributed by atoms with van der Waals surface area (Å²) in [6.45, 7) is 1.61. The Labute approximate surface area is 170 Å². The lowest BCUT2D eigenvalue weighted by Gasteiger charge is -2.20. The Morgan fingerprint density at radius 3 is 2.48 bits per heavy atom. The van der Waals surface area contributed by atoms with Gasteiger partial charge in [-0.15, -0.1) is 11.3 Å². The van der Waals surface area contributed by atoms with Gasteiger partial charge >= 0.3 is 5.97 Å². The highest BCUT2D eigenvalue weighted by Crippen LogP contribution is 2.26. The molecule has 0 spiro atoms. The molecule has 9 heteroatoms. The van der Waals surface area contributed by atoms with E-state index in [4.69, 9.17) is 0 Å². The number of aryl methyl sites for hydroxylation is 1. The molecule has 0 saturated heterocycles. The first kappa shape index (κ1) is 20.2. The lowest BCUT2D eigenvalue weighted by molar-refractivity contribution is -0.384. The minimum absolute atomic E-state index is 0.0347. The summed E-state index contributed by atoms with van der Waals surface area (Å²) in [5, 5.41) is 22.1. The summed E-state index contributed by atoms with van der Waals surface area (Å²) >= 11 is 1.22. The van der Waals surface area contributed by atoms with Crippen molar-refractivity contribution in [3.63, 3.8) is 0 Å². The van der Waals surface area contributed by atoms with Gasteiger partial charge in [-0.05, 0) is 30.2 Å². The number of carboxylic acids is 1. The third-order valence-corrected chi connectivity index (χ3v) is 5.18. The summed E-state index contributed by atoms with van der Waals surface area (Å²) in [6, 6.07) is 13.3. The molecule has 1 aromatic heterocycles. The number of hydrogen-bond donors (Lipinski definition) is 1. The minimum atomic E-state index is -1.11. The van der Waals surface area contributed by atoms with Gasteiger partial charge in [0.2, 0.25) is 0 Å². The quantitative estimate of drug-likeness (QED) is 0.468. The summed E-state index contributed by atoms with van der Waals surface area (Å²) in [5.74, 6) is -1.60. The summed E-state index contributed by atoms with van der Waals surface area (Å²) in [4.78, 5) is 40.0. The van der Waals surface area contributed by atoms with E-state index in [1.807, 2.05) is 31.2 Å². The van der Waals surface area contributed by atoms with Gasteiger partial charge in [0.15, 0.2) is 0 Å². The van der Waals surface area contributed by atoms with Crippen molar-refractivity contribution in [3.05, 3.63) is 80.8 Å². The largest absolute Gasteiger partial charge is 0.480 e. The predicted octanol–water partition coefficient (Wildman–Crippen LogP) is 3.75. The van der Waals surface area contributed by atoms with E-state index >= 15 is 0 Å². The topological polar surface area (TPSA) is 114 Å². The molecule has 29 heavy (non-hydrogen) atoms. The van der Waals surface area contributed by atoms with Crippen LogP contribution in [0.2, 0.25) is 0 Å². The number of nitro groups is 1. The summed E-state index contributed by atoms with van der Waals surface area (Å²) in [6.07, 6.45) is 0. The van der Waals surface area contributed by atoms with Crippen LogP contribution in [0.15, 0.2) is 53.9 Å². The van der Waals surface area contributed by atoms with Crippen LogP contribution in [-0.4, -0.2) is 38.3 Å². The number of amides is 1. The molecule has 0 aliphatic heterocycles. The van der Waals surface area contributed by atoms with Crippen LogP contribution in [0.5, 0.6) is 0 Å². The first-order valence-electron chi connectivity index (χ1n) is 8.61. The molecule has 1 N–H and O–H groups in total. The van der Waals surface area contributed by atoms with Crippen LogP contribution in [0.25, 0.3) is 10.6 Å². The van der Waals surface area contributed by atoms with Crippen molar-refractivity contribution < 1.29 is 19.6 Å². The monoisotopic (exact) mass is 411 g/mol. The highest BCUT2D eigenvalue weighted by molar-refractivity contribution is 7.13. The number of aromatic nitrogens is 1. The number of nitro benzene ring substituents is 1. The zero-order valence-electron chi connectivity index (χ0n) is 15.4.